The van der Waals surface area contributed by atoms with Crippen molar-refractivity contribution in [1.29, 1.82) is 0 Å². The zero-order valence-corrected chi connectivity index (χ0v) is 28.4. The van der Waals surface area contributed by atoms with E-state index >= 15 is 0 Å². The number of allylic oxidation sites excluding steroid dienone is 1. The summed E-state index contributed by atoms with van der Waals surface area (Å²) < 4.78 is 12.4. The molecule has 0 aromatic carbocycles. The third-order valence-corrected chi connectivity index (χ3v) is 13.5. The molecule has 4 fully saturated rings. The molecule has 0 radical (unpaired) electrons. The minimum Gasteiger partial charge on any atom is -0.481 e. The second kappa shape index (κ2) is 12.7. The zero-order chi connectivity index (χ0) is 33.9. The number of carboxylic acids is 1. The van der Waals surface area contributed by atoms with Gasteiger partial charge in [-0.3, -0.25) is 4.79 Å². The van der Waals surface area contributed by atoms with E-state index in [4.69, 9.17) is 9.47 Å². The van der Waals surface area contributed by atoms with Crippen LogP contribution in [-0.4, -0.2) is 96.3 Å². The van der Waals surface area contributed by atoms with Gasteiger partial charge in [0.15, 0.2) is 6.29 Å². The Morgan fingerprint density at radius 2 is 1.69 bits per heavy atom. The third-order valence-electron chi connectivity index (χ3n) is 13.5. The van der Waals surface area contributed by atoms with Gasteiger partial charge in [-0.2, -0.15) is 0 Å². The second-order valence-corrected chi connectivity index (χ2v) is 16.5. The van der Waals surface area contributed by atoms with E-state index in [9.17, 15) is 40.5 Å². The molecule has 14 atom stereocenters. The summed E-state index contributed by atoms with van der Waals surface area (Å²) in [5, 5.41) is 74.1. The highest BCUT2D eigenvalue weighted by atomic mass is 16.7. The predicted octanol–water partition coefficient (Wildman–Crippen LogP) is 3.39. The van der Waals surface area contributed by atoms with Crippen LogP contribution in [0.5, 0.6) is 0 Å². The summed E-state index contributed by atoms with van der Waals surface area (Å²) >= 11 is 0. The van der Waals surface area contributed by atoms with E-state index in [-0.39, 0.29) is 52.8 Å². The van der Waals surface area contributed by atoms with Gasteiger partial charge in [-0.15, -0.1) is 0 Å². The van der Waals surface area contributed by atoms with Gasteiger partial charge in [0.2, 0.25) is 0 Å². The van der Waals surface area contributed by atoms with Crippen LogP contribution in [0, 0.1) is 39.9 Å². The summed E-state index contributed by atoms with van der Waals surface area (Å²) in [6.07, 6.45) is -1.78. The van der Waals surface area contributed by atoms with E-state index < -0.39 is 60.6 Å². The molecule has 3 saturated carbocycles. The Kier molecular flexibility index (Phi) is 10.4. The lowest BCUT2D eigenvalue weighted by atomic mass is 9.37. The maximum absolute atomic E-state index is 12.2. The summed E-state index contributed by atoms with van der Waals surface area (Å²) in [5.41, 5.74) is -2.21. The van der Waals surface area contributed by atoms with Gasteiger partial charge in [-0.1, -0.05) is 32.9 Å². The van der Waals surface area contributed by atoms with E-state index in [1.807, 2.05) is 13.8 Å². The molecule has 45 heavy (non-hydrogen) atoms. The Labute approximate surface area is 268 Å². The maximum atomic E-state index is 12.2. The summed E-state index contributed by atoms with van der Waals surface area (Å²) in [5.74, 6) is -1.01. The summed E-state index contributed by atoms with van der Waals surface area (Å²) in [7, 11) is 0. The van der Waals surface area contributed by atoms with E-state index in [0.29, 0.717) is 25.7 Å². The monoisotopic (exact) mass is 640 g/mol. The van der Waals surface area contributed by atoms with Crippen molar-refractivity contribution < 1.29 is 50.0 Å². The number of aliphatic hydroxyl groups excluding tert-OH is 5. The topological polar surface area (TPSA) is 177 Å². The SMILES string of the molecule is C=C(C)C1CCC2(C)C(CC(O)C3C(C(C)(CCC(O)C(C)(C)O)OC4OC(CO)C(O)C4O)CCC32C)C1(C)CCC(=O)O. The smallest absolute Gasteiger partial charge is 0.303 e. The first-order chi connectivity index (χ1) is 20.7. The normalized spacial score (nSPS) is 45.4. The Hall–Kier alpha value is -1.11. The maximum Gasteiger partial charge on any atom is 0.303 e. The van der Waals surface area contributed by atoms with Crippen LogP contribution >= 0.6 is 0 Å². The van der Waals surface area contributed by atoms with Gasteiger partial charge in [-0.25, -0.2) is 0 Å². The molecule has 0 bridgehead atoms. The Morgan fingerprint density at radius 1 is 1.07 bits per heavy atom. The molecule has 10 heteroatoms. The van der Waals surface area contributed by atoms with Gasteiger partial charge in [-0.05, 0) is 119 Å². The van der Waals surface area contributed by atoms with Gasteiger partial charge >= 0.3 is 5.97 Å². The molecule has 4 aliphatic rings. The highest BCUT2D eigenvalue weighted by molar-refractivity contribution is 5.66. The number of hydrogen-bond acceptors (Lipinski definition) is 9. The fourth-order valence-electron chi connectivity index (χ4n) is 10.7. The molecule has 0 aromatic rings. The van der Waals surface area contributed by atoms with E-state index in [2.05, 4.69) is 27.4 Å². The number of rotatable bonds is 12. The molecule has 0 aromatic heterocycles. The van der Waals surface area contributed by atoms with Gasteiger partial charge in [0.25, 0.3) is 0 Å². The van der Waals surface area contributed by atoms with Crippen molar-refractivity contribution in [3.63, 3.8) is 0 Å². The van der Waals surface area contributed by atoms with Crippen molar-refractivity contribution in [2.75, 3.05) is 6.61 Å². The molecule has 3 aliphatic carbocycles. The average molecular weight is 641 g/mol. The Morgan fingerprint density at radius 3 is 2.22 bits per heavy atom. The lowest BCUT2D eigenvalue weighted by Gasteiger charge is -2.67. The largest absolute Gasteiger partial charge is 0.481 e. The van der Waals surface area contributed by atoms with Gasteiger partial charge in [0.05, 0.1) is 30.0 Å². The number of carbonyl (C=O) groups is 1. The first-order valence-corrected chi connectivity index (χ1v) is 16.9. The fraction of sp³-hybridized carbons (Fsp3) is 0.914. The van der Waals surface area contributed by atoms with Crippen molar-refractivity contribution in [2.24, 2.45) is 39.9 Å². The molecular weight excluding hydrogens is 580 g/mol. The molecule has 0 spiro atoms. The summed E-state index contributed by atoms with van der Waals surface area (Å²) in [4.78, 5) is 11.8. The Bertz CT molecular complexity index is 1090. The highest BCUT2D eigenvalue weighted by Gasteiger charge is 2.70. The number of aliphatic carboxylic acids is 1. The first-order valence-electron chi connectivity index (χ1n) is 16.9. The van der Waals surface area contributed by atoms with Crippen LogP contribution in [0.1, 0.15) is 106 Å². The van der Waals surface area contributed by atoms with Crippen molar-refractivity contribution in [1.82, 2.24) is 0 Å². The third kappa shape index (κ3) is 6.28. The highest BCUT2D eigenvalue weighted by Crippen LogP contribution is 2.74. The van der Waals surface area contributed by atoms with Crippen molar-refractivity contribution in [3.8, 4) is 0 Å². The number of aliphatic hydroxyl groups is 6. The number of hydrogen-bond donors (Lipinski definition) is 7. The van der Waals surface area contributed by atoms with Crippen LogP contribution in [0.15, 0.2) is 12.2 Å². The van der Waals surface area contributed by atoms with Crippen molar-refractivity contribution >= 4 is 5.97 Å². The molecule has 1 heterocycles. The van der Waals surface area contributed by atoms with Crippen LogP contribution in [0.3, 0.4) is 0 Å². The van der Waals surface area contributed by atoms with E-state index in [1.165, 1.54) is 0 Å². The Balaban J connectivity index is 1.72. The molecule has 1 saturated heterocycles. The van der Waals surface area contributed by atoms with Crippen molar-refractivity contribution in [2.45, 2.75) is 154 Å². The van der Waals surface area contributed by atoms with E-state index in [1.54, 1.807) is 13.8 Å². The second-order valence-electron chi connectivity index (χ2n) is 16.5. The number of fused-ring (bicyclic) bond motifs is 3. The quantitative estimate of drug-likeness (QED) is 0.157. The van der Waals surface area contributed by atoms with Gasteiger partial charge < -0.3 is 45.2 Å². The lowest BCUT2D eigenvalue weighted by Crippen LogP contribution is -2.64. The zero-order valence-electron chi connectivity index (χ0n) is 28.4. The molecule has 260 valence electrons. The van der Waals surface area contributed by atoms with Crippen LogP contribution in [-0.2, 0) is 14.3 Å². The lowest BCUT2D eigenvalue weighted by molar-refractivity contribution is -0.262. The van der Waals surface area contributed by atoms with E-state index in [0.717, 1.165) is 24.8 Å². The van der Waals surface area contributed by atoms with Crippen LogP contribution in [0.4, 0.5) is 0 Å². The average Bonchev–Trinajstić information content (AvgIpc) is 3.45. The van der Waals surface area contributed by atoms with Gasteiger partial charge in [0.1, 0.15) is 18.3 Å². The van der Waals surface area contributed by atoms with Crippen LogP contribution in [0.2, 0.25) is 0 Å². The summed E-state index contributed by atoms with van der Waals surface area (Å²) in [6.45, 7) is 17.6. The van der Waals surface area contributed by atoms with Crippen LogP contribution in [0.25, 0.3) is 0 Å². The standard InChI is InChI=1S/C35H60O10/c1-19(2)20-9-14-33(6)24(32(20,5)13-12-26(39)40)17-22(37)27-21(10-15-34(27,33)7)35(8,16-11-25(38)31(3,4)43)45-30-29(42)28(41)23(18-36)44-30/h20-25,27-30,36-38,41-43H,1,9-18H2,2-8H3,(H,39,40). The van der Waals surface area contributed by atoms with Gasteiger partial charge in [0, 0.05) is 6.42 Å². The number of carboxylic acid groups (broad SMARTS) is 1. The minimum absolute atomic E-state index is 0.0611. The molecule has 1 aliphatic heterocycles. The molecule has 7 N–H and O–H groups in total. The molecule has 14 unspecified atom stereocenters. The summed E-state index contributed by atoms with van der Waals surface area (Å²) in [6, 6.07) is 0. The van der Waals surface area contributed by atoms with Crippen LogP contribution < -0.4 is 0 Å². The molecule has 4 rings (SSSR count). The minimum atomic E-state index is -1.39. The predicted molar refractivity (Wildman–Crippen MR) is 168 cm³/mol. The molecule has 10 nitrogen and oxygen atoms in total. The number of ether oxygens (including phenoxy) is 2. The van der Waals surface area contributed by atoms with Crippen molar-refractivity contribution in [3.05, 3.63) is 12.2 Å². The molecule has 0 amide bonds. The fourth-order valence-corrected chi connectivity index (χ4v) is 10.7. The molecular formula is C35H60O10. The first kappa shape index (κ1) is 36.7.